The number of nitrogens with zero attached hydrogens (tertiary/aromatic N) is 1. The fourth-order valence-electron chi connectivity index (χ4n) is 2.71. The zero-order chi connectivity index (χ0) is 15.0. The zero-order valence-electron chi connectivity index (χ0n) is 11.8. The first kappa shape index (κ1) is 14.1. The normalized spacial score (nSPS) is 21.3. The molecule has 2 atom stereocenters. The molecule has 2 N–H and O–H groups in total. The monoisotopic (exact) mass is 300 g/mol. The molecule has 1 aliphatic heterocycles. The third kappa shape index (κ3) is 2.43. The van der Waals surface area contributed by atoms with Gasteiger partial charge in [0, 0.05) is 10.7 Å². The van der Waals surface area contributed by atoms with Crippen LogP contribution in [-0.2, 0) is 11.2 Å². The average molecular weight is 301 g/mol. The number of carbonyl (C=O) groups is 1. The lowest BCUT2D eigenvalue weighted by atomic mass is 9.88. The molecule has 108 valence electrons. The van der Waals surface area contributed by atoms with Gasteiger partial charge in [-0.3, -0.25) is 4.79 Å². The molecule has 1 amide bonds. The maximum Gasteiger partial charge on any atom is 0.247 e. The number of β-lactam (4-membered cyclic amide) rings is 1. The second-order valence-corrected chi connectivity index (χ2v) is 5.69. The van der Waals surface area contributed by atoms with E-state index in [9.17, 15) is 4.79 Å². The lowest BCUT2D eigenvalue weighted by Crippen LogP contribution is -2.63. The molecule has 1 heterocycles. The standard InChI is InChI=1S/C17H17ClN2O/c1-2-11-3-9-14(10-4-11)20-16(15(19)17(20)21)12-5-7-13(18)8-6-12/h3-10,15-16H,2,19H2,1H3. The first-order chi connectivity index (χ1) is 10.1. The largest absolute Gasteiger partial charge is 0.318 e. The molecule has 2 aromatic carbocycles. The lowest BCUT2D eigenvalue weighted by molar-refractivity contribution is -0.126. The molecule has 0 aliphatic carbocycles. The summed E-state index contributed by atoms with van der Waals surface area (Å²) >= 11 is 5.92. The van der Waals surface area contributed by atoms with Gasteiger partial charge >= 0.3 is 0 Å². The summed E-state index contributed by atoms with van der Waals surface area (Å²) in [7, 11) is 0. The van der Waals surface area contributed by atoms with Gasteiger partial charge in [0.05, 0.1) is 6.04 Å². The summed E-state index contributed by atoms with van der Waals surface area (Å²) in [5.41, 5.74) is 9.14. The molecule has 21 heavy (non-hydrogen) atoms. The van der Waals surface area contributed by atoms with Gasteiger partial charge in [0.1, 0.15) is 6.04 Å². The number of halogens is 1. The minimum absolute atomic E-state index is 0.0424. The molecule has 2 unspecified atom stereocenters. The van der Waals surface area contributed by atoms with Crippen LogP contribution in [-0.4, -0.2) is 11.9 Å². The van der Waals surface area contributed by atoms with Gasteiger partial charge in [0.2, 0.25) is 5.91 Å². The Labute approximate surface area is 129 Å². The highest BCUT2D eigenvalue weighted by molar-refractivity contribution is 6.30. The van der Waals surface area contributed by atoms with Crippen LogP contribution in [0.4, 0.5) is 5.69 Å². The van der Waals surface area contributed by atoms with Gasteiger partial charge in [-0.15, -0.1) is 0 Å². The van der Waals surface area contributed by atoms with E-state index < -0.39 is 6.04 Å². The predicted octanol–water partition coefficient (Wildman–Crippen LogP) is 3.32. The van der Waals surface area contributed by atoms with Crippen LogP contribution in [0.25, 0.3) is 0 Å². The highest BCUT2D eigenvalue weighted by atomic mass is 35.5. The number of hydrogen-bond donors (Lipinski definition) is 1. The van der Waals surface area contributed by atoms with Crippen molar-refractivity contribution < 1.29 is 4.79 Å². The van der Waals surface area contributed by atoms with Crippen LogP contribution in [0.1, 0.15) is 24.1 Å². The number of nitrogens with two attached hydrogens (primary N) is 1. The van der Waals surface area contributed by atoms with Gasteiger partial charge in [0.25, 0.3) is 0 Å². The van der Waals surface area contributed by atoms with E-state index in [1.165, 1.54) is 5.56 Å². The maximum absolute atomic E-state index is 12.1. The van der Waals surface area contributed by atoms with Gasteiger partial charge in [-0.1, -0.05) is 42.8 Å². The zero-order valence-corrected chi connectivity index (χ0v) is 12.5. The van der Waals surface area contributed by atoms with E-state index >= 15 is 0 Å². The fourth-order valence-corrected chi connectivity index (χ4v) is 2.83. The number of anilines is 1. The Balaban J connectivity index is 1.92. The third-order valence-corrected chi connectivity index (χ3v) is 4.23. The Kier molecular flexibility index (Phi) is 3.70. The van der Waals surface area contributed by atoms with Gasteiger partial charge in [0.15, 0.2) is 0 Å². The number of hydrogen-bond acceptors (Lipinski definition) is 2. The van der Waals surface area contributed by atoms with E-state index in [0.717, 1.165) is 17.7 Å². The Morgan fingerprint density at radius 1 is 1.10 bits per heavy atom. The quantitative estimate of drug-likeness (QED) is 0.884. The number of benzene rings is 2. The molecule has 1 saturated heterocycles. The van der Waals surface area contributed by atoms with Crippen LogP contribution in [0.3, 0.4) is 0 Å². The Morgan fingerprint density at radius 3 is 2.29 bits per heavy atom. The van der Waals surface area contributed by atoms with Crippen molar-refractivity contribution in [3.63, 3.8) is 0 Å². The molecule has 2 aromatic rings. The highest BCUT2D eigenvalue weighted by Crippen LogP contribution is 2.38. The van der Waals surface area contributed by atoms with E-state index in [4.69, 9.17) is 17.3 Å². The Bertz CT molecular complexity index is 651. The maximum atomic E-state index is 12.1. The number of carbonyl (C=O) groups excluding carboxylic acids is 1. The first-order valence-electron chi connectivity index (χ1n) is 7.05. The van der Waals surface area contributed by atoms with Crippen LogP contribution < -0.4 is 10.6 Å². The molecule has 0 saturated carbocycles. The van der Waals surface area contributed by atoms with Gasteiger partial charge < -0.3 is 10.6 Å². The van der Waals surface area contributed by atoms with E-state index in [2.05, 4.69) is 6.92 Å². The molecule has 0 aromatic heterocycles. The molecule has 0 spiro atoms. The van der Waals surface area contributed by atoms with Gasteiger partial charge in [-0.2, -0.15) is 0 Å². The predicted molar refractivity (Wildman–Crippen MR) is 85.5 cm³/mol. The molecular weight excluding hydrogens is 284 g/mol. The molecule has 1 fully saturated rings. The first-order valence-corrected chi connectivity index (χ1v) is 7.42. The van der Waals surface area contributed by atoms with E-state index in [1.807, 2.05) is 48.5 Å². The summed E-state index contributed by atoms with van der Waals surface area (Å²) < 4.78 is 0. The summed E-state index contributed by atoms with van der Waals surface area (Å²) in [4.78, 5) is 13.9. The van der Waals surface area contributed by atoms with Crippen molar-refractivity contribution >= 4 is 23.2 Å². The van der Waals surface area contributed by atoms with Crippen LogP contribution in [0.15, 0.2) is 48.5 Å². The van der Waals surface area contributed by atoms with Crippen LogP contribution in [0.2, 0.25) is 5.02 Å². The summed E-state index contributed by atoms with van der Waals surface area (Å²) in [5, 5.41) is 0.678. The van der Waals surface area contributed by atoms with Crippen molar-refractivity contribution in [2.75, 3.05) is 4.90 Å². The summed E-state index contributed by atoms with van der Waals surface area (Å²) in [6, 6.07) is 14.9. The minimum Gasteiger partial charge on any atom is -0.318 e. The summed E-state index contributed by atoms with van der Waals surface area (Å²) in [5.74, 6) is -0.0424. The third-order valence-electron chi connectivity index (χ3n) is 3.98. The van der Waals surface area contributed by atoms with Crippen molar-refractivity contribution in [3.8, 4) is 0 Å². The van der Waals surface area contributed by atoms with Crippen molar-refractivity contribution in [2.24, 2.45) is 5.73 Å². The fraction of sp³-hybridized carbons (Fsp3) is 0.235. The second-order valence-electron chi connectivity index (χ2n) is 5.25. The van der Waals surface area contributed by atoms with E-state index in [-0.39, 0.29) is 11.9 Å². The SMILES string of the molecule is CCc1ccc(N2C(=O)C(N)C2c2ccc(Cl)cc2)cc1. The number of amides is 1. The minimum atomic E-state index is -0.489. The summed E-state index contributed by atoms with van der Waals surface area (Å²) in [6.07, 6.45) is 0.981. The van der Waals surface area contributed by atoms with Crippen molar-refractivity contribution in [2.45, 2.75) is 25.4 Å². The highest BCUT2D eigenvalue weighted by Gasteiger charge is 2.46. The van der Waals surface area contributed by atoms with Crippen LogP contribution in [0.5, 0.6) is 0 Å². The van der Waals surface area contributed by atoms with E-state index in [0.29, 0.717) is 5.02 Å². The van der Waals surface area contributed by atoms with Crippen molar-refractivity contribution in [1.29, 1.82) is 0 Å². The molecule has 4 heteroatoms. The van der Waals surface area contributed by atoms with E-state index in [1.54, 1.807) is 4.90 Å². The van der Waals surface area contributed by atoms with Crippen molar-refractivity contribution in [1.82, 2.24) is 0 Å². The van der Waals surface area contributed by atoms with Gasteiger partial charge in [-0.25, -0.2) is 0 Å². The number of rotatable bonds is 3. The smallest absolute Gasteiger partial charge is 0.247 e. The number of aryl methyl sites for hydroxylation is 1. The average Bonchev–Trinajstić information content (AvgIpc) is 2.53. The molecular formula is C17H17ClN2O. The molecule has 3 rings (SSSR count). The molecule has 1 aliphatic rings. The topological polar surface area (TPSA) is 46.3 Å². The molecule has 3 nitrogen and oxygen atoms in total. The second kappa shape index (κ2) is 5.51. The van der Waals surface area contributed by atoms with Crippen LogP contribution in [0, 0.1) is 0 Å². The lowest BCUT2D eigenvalue weighted by Gasteiger charge is -2.45. The van der Waals surface area contributed by atoms with Gasteiger partial charge in [-0.05, 0) is 41.8 Å². The Morgan fingerprint density at radius 2 is 1.71 bits per heavy atom. The van der Waals surface area contributed by atoms with Crippen LogP contribution >= 0.6 is 11.6 Å². The molecule has 0 radical (unpaired) electrons. The molecule has 0 bridgehead atoms. The van der Waals surface area contributed by atoms with Crippen molar-refractivity contribution in [3.05, 3.63) is 64.7 Å². The summed E-state index contributed by atoms with van der Waals surface area (Å²) in [6.45, 7) is 2.11. The Hall–Kier alpha value is -1.84.